The number of para-hydroxylation sites is 1. The quantitative estimate of drug-likeness (QED) is 0.250. The minimum Gasteiger partial charge on any atom is -1.00 e. The van der Waals surface area contributed by atoms with Gasteiger partial charge in [0, 0.05) is 0 Å². The molecule has 0 saturated heterocycles. The molecule has 1 aromatic rings. The van der Waals surface area contributed by atoms with Crippen molar-refractivity contribution < 1.29 is 86.5 Å². The van der Waals surface area contributed by atoms with Gasteiger partial charge in [0.05, 0.1) is 6.16 Å². The van der Waals surface area contributed by atoms with Crippen molar-refractivity contribution in [2.75, 3.05) is 6.16 Å². The molecular weight excluding hydrogens is 253 g/mol. The SMILES string of the molecule is O=P(O)(O)CCc1cccc(O)c1O.[H-].[H-].[Na+].[Na+]. The number of hydrogen-bond acceptors (Lipinski definition) is 3. The molecule has 82 valence electrons. The molecule has 0 atom stereocenters. The Hall–Kier alpha value is 0.970. The van der Waals surface area contributed by atoms with Crippen molar-refractivity contribution in [1.29, 1.82) is 0 Å². The average Bonchev–Trinajstić information content (AvgIpc) is 2.06. The van der Waals surface area contributed by atoms with Gasteiger partial charge in [-0.2, -0.15) is 0 Å². The Morgan fingerprint density at radius 1 is 1.19 bits per heavy atom. The molecule has 0 bridgehead atoms. The van der Waals surface area contributed by atoms with Gasteiger partial charge >= 0.3 is 66.7 Å². The molecular formula is C8H13Na2O5P. The number of rotatable bonds is 3. The van der Waals surface area contributed by atoms with E-state index in [4.69, 9.17) is 14.9 Å². The zero-order chi connectivity index (χ0) is 10.8. The fraction of sp³-hybridized carbons (Fsp3) is 0.250. The molecule has 0 saturated carbocycles. The smallest absolute Gasteiger partial charge is 1.00 e. The summed E-state index contributed by atoms with van der Waals surface area (Å²) in [7, 11) is -4.06. The first-order valence-electron chi connectivity index (χ1n) is 3.94. The molecule has 5 nitrogen and oxygen atoms in total. The Morgan fingerprint density at radius 2 is 1.75 bits per heavy atom. The van der Waals surface area contributed by atoms with E-state index in [1.54, 1.807) is 0 Å². The van der Waals surface area contributed by atoms with E-state index in [9.17, 15) is 9.67 Å². The van der Waals surface area contributed by atoms with Crippen molar-refractivity contribution in [2.45, 2.75) is 6.42 Å². The van der Waals surface area contributed by atoms with Gasteiger partial charge in [0.25, 0.3) is 0 Å². The van der Waals surface area contributed by atoms with Gasteiger partial charge < -0.3 is 22.9 Å². The van der Waals surface area contributed by atoms with Crippen LogP contribution in [-0.4, -0.2) is 26.2 Å². The minimum atomic E-state index is -4.06. The van der Waals surface area contributed by atoms with Crippen molar-refractivity contribution in [3.05, 3.63) is 23.8 Å². The van der Waals surface area contributed by atoms with E-state index < -0.39 is 7.60 Å². The Morgan fingerprint density at radius 3 is 2.25 bits per heavy atom. The first-order chi connectivity index (χ1) is 6.40. The monoisotopic (exact) mass is 266 g/mol. The molecule has 0 spiro atoms. The molecule has 0 aliphatic rings. The number of phenolic OH excluding ortho intramolecular Hbond substituents is 2. The van der Waals surface area contributed by atoms with E-state index in [1.165, 1.54) is 18.2 Å². The van der Waals surface area contributed by atoms with Gasteiger partial charge in [-0.3, -0.25) is 4.57 Å². The predicted molar refractivity (Wildman–Crippen MR) is 52.6 cm³/mol. The molecule has 0 fully saturated rings. The maximum Gasteiger partial charge on any atom is 1.00 e. The molecule has 4 N–H and O–H groups in total. The van der Waals surface area contributed by atoms with E-state index in [2.05, 4.69) is 0 Å². The van der Waals surface area contributed by atoms with Crippen LogP contribution in [-0.2, 0) is 11.0 Å². The summed E-state index contributed by atoms with van der Waals surface area (Å²) in [6.45, 7) is 0. The summed E-state index contributed by atoms with van der Waals surface area (Å²) in [6, 6.07) is 4.31. The van der Waals surface area contributed by atoms with Crippen molar-refractivity contribution in [2.24, 2.45) is 0 Å². The van der Waals surface area contributed by atoms with Crippen LogP contribution in [0.25, 0.3) is 0 Å². The van der Waals surface area contributed by atoms with Crippen LogP contribution >= 0.6 is 7.60 Å². The van der Waals surface area contributed by atoms with Crippen molar-refractivity contribution in [1.82, 2.24) is 0 Å². The normalized spacial score (nSPS) is 10.1. The van der Waals surface area contributed by atoms with Gasteiger partial charge in [0.2, 0.25) is 0 Å². The number of phenols is 2. The Kier molecular flexibility index (Phi) is 9.82. The van der Waals surface area contributed by atoms with E-state index >= 15 is 0 Å². The molecule has 0 aliphatic carbocycles. The van der Waals surface area contributed by atoms with Gasteiger partial charge in [-0.25, -0.2) is 0 Å². The third kappa shape index (κ3) is 6.64. The summed E-state index contributed by atoms with van der Waals surface area (Å²) in [5.41, 5.74) is 0.327. The molecule has 1 rings (SSSR count). The first kappa shape index (κ1) is 19.3. The maximum atomic E-state index is 10.6. The third-order valence-electron chi connectivity index (χ3n) is 1.77. The fourth-order valence-electron chi connectivity index (χ4n) is 1.05. The van der Waals surface area contributed by atoms with Crippen LogP contribution in [0.4, 0.5) is 0 Å². The number of aromatic hydroxyl groups is 2. The van der Waals surface area contributed by atoms with Crippen LogP contribution in [0.15, 0.2) is 18.2 Å². The molecule has 1 aromatic carbocycles. The molecule has 0 aliphatic heterocycles. The second-order valence-electron chi connectivity index (χ2n) is 2.92. The number of aryl methyl sites for hydroxylation is 1. The zero-order valence-corrected chi connectivity index (χ0v) is 14.2. The van der Waals surface area contributed by atoms with E-state index in [1.807, 2.05) is 0 Å². The summed E-state index contributed by atoms with van der Waals surface area (Å²) in [6.07, 6.45) is -0.311. The Balaban J connectivity index is -0.000000245. The Bertz CT molecular complexity index is 388. The summed E-state index contributed by atoms with van der Waals surface area (Å²) in [4.78, 5) is 17.2. The van der Waals surface area contributed by atoms with Crippen LogP contribution in [0.3, 0.4) is 0 Å². The molecule has 8 heteroatoms. The second-order valence-corrected chi connectivity index (χ2v) is 4.70. The fourth-order valence-corrected chi connectivity index (χ4v) is 1.58. The first-order valence-corrected chi connectivity index (χ1v) is 5.74. The van der Waals surface area contributed by atoms with E-state index in [0.29, 0.717) is 5.56 Å². The maximum absolute atomic E-state index is 10.6. The van der Waals surface area contributed by atoms with Crippen molar-refractivity contribution in [3.63, 3.8) is 0 Å². The largest absolute Gasteiger partial charge is 1.00 e. The van der Waals surface area contributed by atoms with Crippen LogP contribution in [0.2, 0.25) is 0 Å². The van der Waals surface area contributed by atoms with Crippen LogP contribution in [0, 0.1) is 0 Å². The summed E-state index contributed by atoms with van der Waals surface area (Å²) in [5.74, 6) is -0.603. The minimum absolute atomic E-state index is 0. The predicted octanol–water partition coefficient (Wildman–Crippen LogP) is -4.95. The van der Waals surface area contributed by atoms with Crippen LogP contribution < -0.4 is 59.1 Å². The second kappa shape index (κ2) is 8.14. The molecule has 0 radical (unpaired) electrons. The molecule has 16 heavy (non-hydrogen) atoms. The standard InChI is InChI=1S/C8H11O5P.2Na.2H/c9-7-3-1-2-6(8(7)10)4-5-14(11,12)13;;;;/h1-3,9-10H,4-5H2,(H2,11,12,13);;;;/q;2*+1;2*-1. The molecule has 0 unspecified atom stereocenters. The van der Waals surface area contributed by atoms with Crippen LogP contribution in [0.1, 0.15) is 8.42 Å². The van der Waals surface area contributed by atoms with Gasteiger partial charge in [-0.05, 0) is 18.1 Å². The van der Waals surface area contributed by atoms with Gasteiger partial charge in [0.1, 0.15) is 0 Å². The third-order valence-corrected chi connectivity index (χ3v) is 2.58. The van der Waals surface area contributed by atoms with E-state index in [0.717, 1.165) is 0 Å². The molecule has 0 aromatic heterocycles. The van der Waals surface area contributed by atoms with Gasteiger partial charge in [-0.1, -0.05) is 12.1 Å². The van der Waals surface area contributed by atoms with Gasteiger partial charge in [0.15, 0.2) is 11.5 Å². The summed E-state index contributed by atoms with van der Waals surface area (Å²) >= 11 is 0. The Labute approximate surface area is 141 Å². The van der Waals surface area contributed by atoms with Crippen LogP contribution in [0.5, 0.6) is 11.5 Å². The zero-order valence-electron chi connectivity index (χ0n) is 11.3. The topological polar surface area (TPSA) is 98.0 Å². The summed E-state index contributed by atoms with van der Waals surface area (Å²) < 4.78 is 10.6. The van der Waals surface area contributed by atoms with Gasteiger partial charge in [-0.15, -0.1) is 0 Å². The molecule has 0 amide bonds. The average molecular weight is 266 g/mol. The van der Waals surface area contributed by atoms with Crippen molar-refractivity contribution in [3.8, 4) is 11.5 Å². The summed E-state index contributed by atoms with van der Waals surface area (Å²) in [5, 5.41) is 18.4. The van der Waals surface area contributed by atoms with E-state index in [-0.39, 0.29) is 86.0 Å². The number of benzene rings is 1. The molecule has 0 heterocycles. The number of hydrogen-bond donors (Lipinski definition) is 4. The van der Waals surface area contributed by atoms with Crippen molar-refractivity contribution >= 4 is 7.60 Å².